The number of amides is 1. The summed E-state index contributed by atoms with van der Waals surface area (Å²) in [7, 11) is 0. The number of carboxylic acid groups (broad SMARTS) is 1. The van der Waals surface area contributed by atoms with Gasteiger partial charge in [0, 0.05) is 23.4 Å². The van der Waals surface area contributed by atoms with Crippen LogP contribution < -0.4 is 5.32 Å². The lowest BCUT2D eigenvalue weighted by Crippen LogP contribution is -2.27. The molecule has 0 spiro atoms. The molecule has 0 saturated carbocycles. The Morgan fingerprint density at radius 1 is 1.38 bits per heavy atom. The second-order valence-electron chi connectivity index (χ2n) is 3.07. The molecule has 5 heteroatoms. The van der Waals surface area contributed by atoms with Gasteiger partial charge in [-0.05, 0) is 13.8 Å². The molecule has 4 nitrogen and oxygen atoms in total. The predicted octanol–water partition coefficient (Wildman–Crippen LogP) is 0.890. The van der Waals surface area contributed by atoms with E-state index in [2.05, 4.69) is 11.2 Å². The summed E-state index contributed by atoms with van der Waals surface area (Å²) < 4.78 is 0. The van der Waals surface area contributed by atoms with Gasteiger partial charge in [-0.25, -0.2) is 4.79 Å². The molecule has 0 heterocycles. The summed E-state index contributed by atoms with van der Waals surface area (Å²) in [5.41, 5.74) is 0.295. The smallest absolute Gasteiger partial charge is 0.331 e. The first kappa shape index (κ1) is 14.6. The van der Waals surface area contributed by atoms with E-state index >= 15 is 0 Å². The first-order valence-electron chi connectivity index (χ1n) is 4.70. The minimum atomic E-state index is -1.07. The van der Waals surface area contributed by atoms with E-state index in [0.29, 0.717) is 12.3 Å². The van der Waals surface area contributed by atoms with Gasteiger partial charge in [-0.1, -0.05) is 5.92 Å². The van der Waals surface area contributed by atoms with E-state index in [-0.39, 0.29) is 17.1 Å². The molecule has 0 aromatic rings. The van der Waals surface area contributed by atoms with Crippen molar-refractivity contribution in [3.05, 3.63) is 11.1 Å². The van der Waals surface area contributed by atoms with Crippen molar-refractivity contribution in [1.29, 1.82) is 0 Å². The summed E-state index contributed by atoms with van der Waals surface area (Å²) >= 11 is 1.54. The highest BCUT2D eigenvalue weighted by Gasteiger charge is 2.11. The Labute approximate surface area is 99.5 Å². The molecule has 0 saturated heterocycles. The van der Waals surface area contributed by atoms with Crippen LogP contribution in [0.25, 0.3) is 0 Å². The number of aliphatic carboxylic acids is 1. The van der Waals surface area contributed by atoms with E-state index < -0.39 is 5.97 Å². The van der Waals surface area contributed by atoms with Crippen LogP contribution in [0.15, 0.2) is 11.1 Å². The number of carbonyl (C=O) groups excluding carboxylic acids is 1. The second kappa shape index (κ2) is 7.83. The van der Waals surface area contributed by atoms with Crippen LogP contribution in [0.1, 0.15) is 13.8 Å². The lowest BCUT2D eigenvalue weighted by Gasteiger charge is -2.06. The maximum Gasteiger partial charge on any atom is 0.331 e. The largest absolute Gasteiger partial charge is 0.478 e. The van der Waals surface area contributed by atoms with Gasteiger partial charge in [0.05, 0.1) is 5.75 Å². The molecule has 2 N–H and O–H groups in total. The van der Waals surface area contributed by atoms with Crippen LogP contribution in [0.2, 0.25) is 0 Å². The zero-order chi connectivity index (χ0) is 12.6. The van der Waals surface area contributed by atoms with Crippen molar-refractivity contribution >= 4 is 23.6 Å². The molecule has 0 bridgehead atoms. The average molecular weight is 241 g/mol. The Hall–Kier alpha value is -1.41. The Morgan fingerprint density at radius 2 is 2.00 bits per heavy atom. The van der Waals surface area contributed by atoms with Gasteiger partial charge < -0.3 is 10.4 Å². The molecular formula is C11H15NO3S. The number of nitrogens with one attached hydrogen (secondary N) is 1. The molecule has 16 heavy (non-hydrogen) atoms. The molecule has 0 rings (SSSR count). The summed E-state index contributed by atoms with van der Waals surface area (Å²) in [5.74, 6) is 2.38. The molecule has 0 atom stereocenters. The highest BCUT2D eigenvalue weighted by atomic mass is 32.2. The summed E-state index contributed by atoms with van der Waals surface area (Å²) in [5, 5.41) is 11.3. The first-order chi connectivity index (χ1) is 7.50. The van der Waals surface area contributed by atoms with Crippen molar-refractivity contribution < 1.29 is 14.7 Å². The van der Waals surface area contributed by atoms with E-state index in [1.807, 2.05) is 0 Å². The number of terminal acetylenes is 1. The van der Waals surface area contributed by atoms with Gasteiger partial charge in [-0.2, -0.15) is 0 Å². The van der Waals surface area contributed by atoms with Crippen molar-refractivity contribution in [2.75, 3.05) is 18.1 Å². The molecule has 0 radical (unpaired) electrons. The van der Waals surface area contributed by atoms with Crippen LogP contribution in [-0.4, -0.2) is 35.0 Å². The van der Waals surface area contributed by atoms with Crippen molar-refractivity contribution in [2.24, 2.45) is 0 Å². The molecule has 0 aliphatic rings. The molecule has 0 aromatic heterocycles. The molecule has 0 aliphatic carbocycles. The van der Waals surface area contributed by atoms with Crippen LogP contribution in [0.3, 0.4) is 0 Å². The van der Waals surface area contributed by atoms with Gasteiger partial charge in [0.2, 0.25) is 5.91 Å². The Balaban J connectivity index is 4.04. The Morgan fingerprint density at radius 3 is 2.50 bits per heavy atom. The molecule has 0 fully saturated rings. The van der Waals surface area contributed by atoms with E-state index in [4.69, 9.17) is 11.5 Å². The van der Waals surface area contributed by atoms with Gasteiger partial charge in [0.1, 0.15) is 0 Å². The third-order valence-electron chi connectivity index (χ3n) is 1.94. The Bertz CT molecular complexity index is 342. The van der Waals surface area contributed by atoms with Crippen LogP contribution in [0, 0.1) is 12.3 Å². The van der Waals surface area contributed by atoms with Crippen molar-refractivity contribution in [2.45, 2.75) is 13.8 Å². The zero-order valence-corrected chi connectivity index (χ0v) is 10.2. The normalized spacial score (nSPS) is 11.3. The van der Waals surface area contributed by atoms with Crippen molar-refractivity contribution in [3.63, 3.8) is 0 Å². The fraction of sp³-hybridized carbons (Fsp3) is 0.455. The van der Waals surface area contributed by atoms with E-state index in [9.17, 15) is 9.59 Å². The molecular weight excluding hydrogens is 226 g/mol. The fourth-order valence-electron chi connectivity index (χ4n) is 0.831. The molecule has 1 amide bonds. The summed E-state index contributed by atoms with van der Waals surface area (Å²) in [6, 6.07) is 0. The van der Waals surface area contributed by atoms with Crippen LogP contribution in [0.5, 0.6) is 0 Å². The maximum absolute atomic E-state index is 11.4. The summed E-state index contributed by atoms with van der Waals surface area (Å²) in [6.45, 7) is 3.38. The third-order valence-corrected chi connectivity index (χ3v) is 2.80. The highest BCUT2D eigenvalue weighted by Crippen LogP contribution is 2.03. The Kier molecular flexibility index (Phi) is 7.14. The summed E-state index contributed by atoms with van der Waals surface area (Å²) in [6.07, 6.45) is 5.06. The van der Waals surface area contributed by atoms with E-state index in [1.165, 1.54) is 25.6 Å². The highest BCUT2D eigenvalue weighted by molar-refractivity contribution is 7.99. The lowest BCUT2D eigenvalue weighted by molar-refractivity contribution is -0.133. The lowest BCUT2D eigenvalue weighted by atomic mass is 10.1. The fourth-order valence-corrected chi connectivity index (χ4v) is 1.34. The monoisotopic (exact) mass is 241 g/mol. The number of carbonyl (C=O) groups is 2. The predicted molar refractivity (Wildman–Crippen MR) is 65.2 cm³/mol. The van der Waals surface area contributed by atoms with Crippen molar-refractivity contribution in [1.82, 2.24) is 5.32 Å². The molecule has 0 aromatic carbocycles. The zero-order valence-electron chi connectivity index (χ0n) is 9.37. The van der Waals surface area contributed by atoms with Gasteiger partial charge in [-0.15, -0.1) is 18.2 Å². The number of hydrogen-bond donors (Lipinski definition) is 2. The number of carboxylic acids is 1. The molecule has 0 unspecified atom stereocenters. The number of hydrogen-bond acceptors (Lipinski definition) is 3. The van der Waals surface area contributed by atoms with E-state index in [1.54, 1.807) is 0 Å². The van der Waals surface area contributed by atoms with E-state index in [0.717, 1.165) is 5.75 Å². The molecule has 88 valence electrons. The standard InChI is InChI=1S/C11H15NO3S/c1-4-6-16-7-5-12-10(13)8(2)9(3)11(14)15/h1H,5-7H2,2-3H3,(H,12,13)(H,14,15). The molecule has 0 aliphatic heterocycles. The summed E-state index contributed by atoms with van der Waals surface area (Å²) in [4.78, 5) is 22.0. The van der Waals surface area contributed by atoms with Gasteiger partial charge in [-0.3, -0.25) is 4.79 Å². The SMILES string of the molecule is C#CCSCCNC(=O)C(C)=C(C)C(=O)O. The minimum absolute atomic E-state index is 0.0637. The number of rotatable bonds is 6. The average Bonchev–Trinajstić information content (AvgIpc) is 2.26. The van der Waals surface area contributed by atoms with Crippen molar-refractivity contribution in [3.8, 4) is 12.3 Å². The van der Waals surface area contributed by atoms with Gasteiger partial charge >= 0.3 is 5.97 Å². The second-order valence-corrected chi connectivity index (χ2v) is 4.17. The van der Waals surface area contributed by atoms with Crippen LogP contribution in [0.4, 0.5) is 0 Å². The quantitative estimate of drug-likeness (QED) is 0.412. The first-order valence-corrected chi connectivity index (χ1v) is 5.86. The van der Waals surface area contributed by atoms with Gasteiger partial charge in [0.15, 0.2) is 0 Å². The van der Waals surface area contributed by atoms with Gasteiger partial charge in [0.25, 0.3) is 0 Å². The maximum atomic E-state index is 11.4. The van der Waals surface area contributed by atoms with Crippen LogP contribution >= 0.6 is 11.8 Å². The topological polar surface area (TPSA) is 66.4 Å². The third kappa shape index (κ3) is 5.47. The van der Waals surface area contributed by atoms with Crippen LogP contribution in [-0.2, 0) is 9.59 Å². The number of thioether (sulfide) groups is 1. The minimum Gasteiger partial charge on any atom is -0.478 e.